The molecule has 0 bridgehead atoms. The molecule has 2 amide bonds. The molecule has 172 valence electrons. The minimum absolute atomic E-state index is 0.133. The van der Waals surface area contributed by atoms with E-state index in [1.807, 2.05) is 0 Å². The lowest BCUT2D eigenvalue weighted by Gasteiger charge is -2.37. The van der Waals surface area contributed by atoms with E-state index in [2.05, 4.69) is 10.2 Å². The van der Waals surface area contributed by atoms with E-state index in [1.54, 1.807) is 62.1 Å². The van der Waals surface area contributed by atoms with Crippen molar-refractivity contribution in [2.75, 3.05) is 31.1 Å². The van der Waals surface area contributed by atoms with E-state index < -0.39 is 17.7 Å². The number of carbonyl (C=O) groups excluding carboxylic acids is 2. The van der Waals surface area contributed by atoms with Crippen LogP contribution in [0.5, 0.6) is 5.75 Å². The number of nitrogens with one attached hydrogen (secondary N) is 1. The number of benzene rings is 2. The summed E-state index contributed by atoms with van der Waals surface area (Å²) in [4.78, 5) is 29.5. The van der Waals surface area contributed by atoms with Crippen molar-refractivity contribution >= 4 is 17.7 Å². The van der Waals surface area contributed by atoms with Gasteiger partial charge in [-0.15, -0.1) is 0 Å². The molecule has 0 radical (unpaired) electrons. The van der Waals surface area contributed by atoms with Gasteiger partial charge in [-0.3, -0.25) is 4.79 Å². The van der Waals surface area contributed by atoms with Gasteiger partial charge in [-0.2, -0.15) is 0 Å². The maximum absolute atomic E-state index is 13.3. The largest absolute Gasteiger partial charge is 0.508 e. The molecule has 1 aliphatic heterocycles. The second-order valence-electron chi connectivity index (χ2n) is 8.86. The summed E-state index contributed by atoms with van der Waals surface area (Å²) in [7, 11) is 0. The van der Waals surface area contributed by atoms with Crippen LogP contribution in [0.1, 0.15) is 26.3 Å². The molecule has 0 saturated carbocycles. The first-order valence-corrected chi connectivity index (χ1v) is 10.7. The maximum atomic E-state index is 13.3. The lowest BCUT2D eigenvalue weighted by molar-refractivity contribution is -0.133. The van der Waals surface area contributed by atoms with Crippen molar-refractivity contribution in [3.8, 4) is 5.75 Å². The molecule has 3 rings (SSSR count). The lowest BCUT2D eigenvalue weighted by atomic mass is 10.0. The van der Waals surface area contributed by atoms with E-state index in [-0.39, 0.29) is 23.9 Å². The first-order chi connectivity index (χ1) is 15.1. The molecule has 7 nitrogen and oxygen atoms in total. The zero-order chi connectivity index (χ0) is 23.3. The highest BCUT2D eigenvalue weighted by molar-refractivity contribution is 5.86. The van der Waals surface area contributed by atoms with Crippen LogP contribution in [0.4, 0.5) is 14.9 Å². The number of phenols is 1. The van der Waals surface area contributed by atoms with Crippen LogP contribution in [0.2, 0.25) is 0 Å². The molecule has 1 aliphatic rings. The Labute approximate surface area is 187 Å². The smallest absolute Gasteiger partial charge is 0.408 e. The minimum atomic E-state index is -0.799. The van der Waals surface area contributed by atoms with Crippen LogP contribution in [-0.4, -0.2) is 59.8 Å². The summed E-state index contributed by atoms with van der Waals surface area (Å²) in [5.41, 5.74) is 1.03. The second kappa shape index (κ2) is 9.89. The average molecular weight is 444 g/mol. The number of anilines is 1. The fourth-order valence-corrected chi connectivity index (χ4v) is 3.57. The first kappa shape index (κ1) is 23.4. The fourth-order valence-electron chi connectivity index (χ4n) is 3.57. The monoisotopic (exact) mass is 443 g/mol. The van der Waals surface area contributed by atoms with Crippen LogP contribution in [0.25, 0.3) is 0 Å². The number of hydrogen-bond donors (Lipinski definition) is 2. The number of aromatic hydroxyl groups is 1. The van der Waals surface area contributed by atoms with Gasteiger partial charge in [-0.25, -0.2) is 9.18 Å². The fraction of sp³-hybridized carbons (Fsp3) is 0.417. The molecule has 1 saturated heterocycles. The Morgan fingerprint density at radius 1 is 1.03 bits per heavy atom. The van der Waals surface area contributed by atoms with Crippen molar-refractivity contribution in [2.24, 2.45) is 0 Å². The standard InChI is InChI=1S/C24H30FN3O4/c1-24(2,3)32-23(31)26-21(16-17-4-10-20(29)11-5-17)22(30)28-14-12-27(13-15-28)19-8-6-18(25)7-9-19/h4-11,21,29H,12-16H2,1-3H3,(H,26,31). The third kappa shape index (κ3) is 6.60. The predicted molar refractivity (Wildman–Crippen MR) is 120 cm³/mol. The molecule has 32 heavy (non-hydrogen) atoms. The van der Waals surface area contributed by atoms with Gasteiger partial charge in [0.05, 0.1) is 0 Å². The quantitative estimate of drug-likeness (QED) is 0.741. The van der Waals surface area contributed by atoms with E-state index in [1.165, 1.54) is 12.1 Å². The average Bonchev–Trinajstić information content (AvgIpc) is 2.74. The summed E-state index contributed by atoms with van der Waals surface area (Å²) < 4.78 is 18.5. The van der Waals surface area contributed by atoms with Gasteiger partial charge in [-0.05, 0) is 62.7 Å². The van der Waals surface area contributed by atoms with Gasteiger partial charge < -0.3 is 25.0 Å². The van der Waals surface area contributed by atoms with Crippen LogP contribution < -0.4 is 10.2 Å². The normalized spacial score (nSPS) is 15.2. The zero-order valence-corrected chi connectivity index (χ0v) is 18.7. The number of alkyl carbamates (subject to hydrolysis) is 1. The van der Waals surface area contributed by atoms with E-state index in [0.29, 0.717) is 26.2 Å². The van der Waals surface area contributed by atoms with Crippen molar-refractivity contribution < 1.29 is 23.8 Å². The molecule has 0 aliphatic carbocycles. The van der Waals surface area contributed by atoms with Gasteiger partial charge in [0.15, 0.2) is 0 Å². The van der Waals surface area contributed by atoms with Crippen molar-refractivity contribution in [1.29, 1.82) is 0 Å². The molecule has 2 aromatic rings. The maximum Gasteiger partial charge on any atom is 0.408 e. The van der Waals surface area contributed by atoms with Crippen molar-refractivity contribution in [3.05, 3.63) is 59.9 Å². The molecule has 1 fully saturated rings. The number of halogens is 1. The number of ether oxygens (including phenoxy) is 1. The number of rotatable bonds is 5. The SMILES string of the molecule is CC(C)(C)OC(=O)NC(Cc1ccc(O)cc1)C(=O)N1CCN(c2ccc(F)cc2)CC1. The Hall–Kier alpha value is -3.29. The number of carbonyl (C=O) groups is 2. The lowest BCUT2D eigenvalue weighted by Crippen LogP contribution is -2.56. The number of piperazine rings is 1. The third-order valence-corrected chi connectivity index (χ3v) is 5.15. The number of nitrogens with zero attached hydrogens (tertiary/aromatic N) is 2. The van der Waals surface area contributed by atoms with E-state index >= 15 is 0 Å². The predicted octanol–water partition coefficient (Wildman–Crippen LogP) is 3.32. The highest BCUT2D eigenvalue weighted by atomic mass is 19.1. The minimum Gasteiger partial charge on any atom is -0.508 e. The Morgan fingerprint density at radius 2 is 1.62 bits per heavy atom. The van der Waals surface area contributed by atoms with Crippen LogP contribution >= 0.6 is 0 Å². The first-order valence-electron chi connectivity index (χ1n) is 10.7. The molecule has 0 aromatic heterocycles. The second-order valence-corrected chi connectivity index (χ2v) is 8.86. The molecule has 1 atom stereocenters. The van der Waals surface area contributed by atoms with Gasteiger partial charge in [-0.1, -0.05) is 12.1 Å². The molecule has 2 N–H and O–H groups in total. The number of phenolic OH excluding ortho intramolecular Hbond substituents is 1. The zero-order valence-electron chi connectivity index (χ0n) is 18.7. The highest BCUT2D eigenvalue weighted by Gasteiger charge is 2.30. The van der Waals surface area contributed by atoms with E-state index in [4.69, 9.17) is 4.74 Å². The summed E-state index contributed by atoms with van der Waals surface area (Å²) in [5, 5.41) is 12.2. The third-order valence-electron chi connectivity index (χ3n) is 5.15. The molecule has 1 heterocycles. The molecule has 0 spiro atoms. The van der Waals surface area contributed by atoms with E-state index in [0.717, 1.165) is 11.3 Å². The van der Waals surface area contributed by atoms with Gasteiger partial charge in [0.2, 0.25) is 5.91 Å². The Kier molecular flexibility index (Phi) is 7.22. The highest BCUT2D eigenvalue weighted by Crippen LogP contribution is 2.18. The summed E-state index contributed by atoms with van der Waals surface area (Å²) >= 11 is 0. The summed E-state index contributed by atoms with van der Waals surface area (Å²) in [6.45, 7) is 7.47. The van der Waals surface area contributed by atoms with Crippen molar-refractivity contribution in [2.45, 2.75) is 38.8 Å². The van der Waals surface area contributed by atoms with Crippen molar-refractivity contribution in [1.82, 2.24) is 10.2 Å². The van der Waals surface area contributed by atoms with Crippen LogP contribution in [-0.2, 0) is 16.0 Å². The van der Waals surface area contributed by atoms with Gasteiger partial charge in [0.25, 0.3) is 0 Å². The van der Waals surface area contributed by atoms with Crippen LogP contribution in [0.3, 0.4) is 0 Å². The molecular formula is C24H30FN3O4. The van der Waals surface area contributed by atoms with Crippen LogP contribution in [0.15, 0.2) is 48.5 Å². The summed E-state index contributed by atoms with van der Waals surface area (Å²) in [6.07, 6.45) is -0.379. The van der Waals surface area contributed by atoms with Gasteiger partial charge in [0, 0.05) is 38.3 Å². The van der Waals surface area contributed by atoms with Crippen molar-refractivity contribution in [3.63, 3.8) is 0 Å². The van der Waals surface area contributed by atoms with Gasteiger partial charge in [0.1, 0.15) is 23.2 Å². The number of amides is 2. The molecular weight excluding hydrogens is 413 g/mol. The molecule has 1 unspecified atom stereocenters. The molecule has 8 heteroatoms. The van der Waals surface area contributed by atoms with Crippen LogP contribution in [0, 0.1) is 5.82 Å². The Morgan fingerprint density at radius 3 is 2.19 bits per heavy atom. The van der Waals surface area contributed by atoms with E-state index in [9.17, 15) is 19.1 Å². The summed E-state index contributed by atoms with van der Waals surface area (Å²) in [5.74, 6) is -0.343. The topological polar surface area (TPSA) is 82.1 Å². The summed E-state index contributed by atoms with van der Waals surface area (Å²) in [6, 6.07) is 12.0. The molecule has 2 aromatic carbocycles. The Balaban J connectivity index is 1.67. The van der Waals surface area contributed by atoms with Gasteiger partial charge >= 0.3 is 6.09 Å². The Bertz CT molecular complexity index is 918. The number of hydrogen-bond acceptors (Lipinski definition) is 5.